The standard InChI is InChI=1S/C14H18N4OS/c1-3-5-16-13-8-15-6-4-12(13)14(19)17-7-11-9-20-10(2)18-11/h4,6,8-9,16H,3,5,7H2,1-2H3,(H,17,19). The molecule has 2 N–H and O–H groups in total. The average molecular weight is 290 g/mol. The van der Waals surface area contributed by atoms with Gasteiger partial charge >= 0.3 is 0 Å². The highest BCUT2D eigenvalue weighted by Gasteiger charge is 2.11. The van der Waals surface area contributed by atoms with Gasteiger partial charge in [0.1, 0.15) is 0 Å². The summed E-state index contributed by atoms with van der Waals surface area (Å²) in [4.78, 5) is 20.6. The summed E-state index contributed by atoms with van der Waals surface area (Å²) in [5.41, 5.74) is 2.26. The van der Waals surface area contributed by atoms with E-state index in [1.54, 1.807) is 29.8 Å². The van der Waals surface area contributed by atoms with Crippen LogP contribution in [0.3, 0.4) is 0 Å². The molecule has 0 aliphatic heterocycles. The second-order valence-corrected chi connectivity index (χ2v) is 5.45. The maximum atomic E-state index is 12.2. The number of amides is 1. The Bertz CT molecular complexity index is 582. The molecule has 6 heteroatoms. The molecule has 0 saturated heterocycles. The first-order valence-electron chi connectivity index (χ1n) is 6.57. The van der Waals surface area contributed by atoms with E-state index in [4.69, 9.17) is 0 Å². The monoisotopic (exact) mass is 290 g/mol. The van der Waals surface area contributed by atoms with E-state index in [-0.39, 0.29) is 5.91 Å². The molecule has 0 aromatic carbocycles. The van der Waals surface area contributed by atoms with Gasteiger partial charge in [0.2, 0.25) is 0 Å². The molecule has 20 heavy (non-hydrogen) atoms. The molecule has 1 amide bonds. The van der Waals surface area contributed by atoms with Crippen LogP contribution >= 0.6 is 11.3 Å². The minimum Gasteiger partial charge on any atom is -0.383 e. The quantitative estimate of drug-likeness (QED) is 0.858. The van der Waals surface area contributed by atoms with Crippen molar-refractivity contribution in [2.24, 2.45) is 0 Å². The molecule has 2 aromatic rings. The van der Waals surface area contributed by atoms with Crippen molar-refractivity contribution in [1.29, 1.82) is 0 Å². The fraction of sp³-hybridized carbons (Fsp3) is 0.357. The topological polar surface area (TPSA) is 66.9 Å². The predicted octanol–water partition coefficient (Wildman–Crippen LogP) is 2.60. The van der Waals surface area contributed by atoms with Crippen LogP contribution in [-0.2, 0) is 6.54 Å². The van der Waals surface area contributed by atoms with E-state index >= 15 is 0 Å². The first-order chi connectivity index (χ1) is 9.70. The van der Waals surface area contributed by atoms with Crippen LogP contribution in [0.1, 0.15) is 34.4 Å². The van der Waals surface area contributed by atoms with Crippen molar-refractivity contribution >= 4 is 22.9 Å². The van der Waals surface area contributed by atoms with Crippen molar-refractivity contribution in [2.45, 2.75) is 26.8 Å². The van der Waals surface area contributed by atoms with Crippen molar-refractivity contribution in [3.8, 4) is 0 Å². The number of pyridine rings is 1. The normalized spacial score (nSPS) is 10.3. The smallest absolute Gasteiger partial charge is 0.253 e. The van der Waals surface area contributed by atoms with Crippen molar-refractivity contribution in [2.75, 3.05) is 11.9 Å². The Labute approximate surface area is 122 Å². The third kappa shape index (κ3) is 3.77. The maximum Gasteiger partial charge on any atom is 0.253 e. The summed E-state index contributed by atoms with van der Waals surface area (Å²) in [6.45, 7) is 5.29. The molecule has 2 rings (SSSR count). The SMILES string of the molecule is CCCNc1cnccc1C(=O)NCc1csc(C)n1. The van der Waals surface area contributed by atoms with Gasteiger partial charge in [-0.1, -0.05) is 6.92 Å². The number of aromatic nitrogens is 2. The van der Waals surface area contributed by atoms with Crippen LogP contribution < -0.4 is 10.6 Å². The lowest BCUT2D eigenvalue weighted by Gasteiger charge is -2.10. The zero-order valence-electron chi connectivity index (χ0n) is 11.6. The molecule has 106 valence electrons. The van der Waals surface area contributed by atoms with Gasteiger partial charge in [-0.25, -0.2) is 4.98 Å². The molecular formula is C14H18N4OS. The summed E-state index contributed by atoms with van der Waals surface area (Å²) >= 11 is 1.58. The van der Waals surface area contributed by atoms with Crippen LogP contribution in [0.4, 0.5) is 5.69 Å². The molecule has 0 spiro atoms. The average Bonchev–Trinajstić information content (AvgIpc) is 2.88. The predicted molar refractivity (Wildman–Crippen MR) is 81.0 cm³/mol. The van der Waals surface area contributed by atoms with Gasteiger partial charge in [-0.15, -0.1) is 11.3 Å². The van der Waals surface area contributed by atoms with E-state index in [9.17, 15) is 4.79 Å². The van der Waals surface area contributed by atoms with Crippen LogP contribution in [0.5, 0.6) is 0 Å². The fourth-order valence-corrected chi connectivity index (χ4v) is 2.36. The molecule has 0 bridgehead atoms. The van der Waals surface area contributed by atoms with E-state index < -0.39 is 0 Å². The van der Waals surface area contributed by atoms with Crippen LogP contribution in [0, 0.1) is 6.92 Å². The zero-order valence-corrected chi connectivity index (χ0v) is 12.5. The molecule has 2 aromatic heterocycles. The van der Waals surface area contributed by atoms with Crippen LogP contribution in [0.2, 0.25) is 0 Å². The van der Waals surface area contributed by atoms with Crippen molar-refractivity contribution < 1.29 is 4.79 Å². The fourth-order valence-electron chi connectivity index (χ4n) is 1.75. The number of thiazole rings is 1. The van der Waals surface area contributed by atoms with Gasteiger partial charge in [0.05, 0.1) is 34.7 Å². The van der Waals surface area contributed by atoms with Crippen molar-refractivity contribution in [3.05, 3.63) is 40.1 Å². The number of nitrogens with one attached hydrogen (secondary N) is 2. The highest BCUT2D eigenvalue weighted by atomic mass is 32.1. The number of carbonyl (C=O) groups is 1. The van der Waals surface area contributed by atoms with Crippen molar-refractivity contribution in [1.82, 2.24) is 15.3 Å². The molecule has 0 fully saturated rings. The molecule has 5 nitrogen and oxygen atoms in total. The van der Waals surface area contributed by atoms with Gasteiger partial charge in [0.15, 0.2) is 0 Å². The minimum atomic E-state index is -0.114. The largest absolute Gasteiger partial charge is 0.383 e. The lowest BCUT2D eigenvalue weighted by molar-refractivity contribution is 0.0951. The molecule has 2 heterocycles. The maximum absolute atomic E-state index is 12.2. The lowest BCUT2D eigenvalue weighted by atomic mass is 10.2. The van der Waals surface area contributed by atoms with E-state index in [0.717, 1.165) is 29.4 Å². The number of rotatable bonds is 6. The third-order valence-electron chi connectivity index (χ3n) is 2.73. The van der Waals surface area contributed by atoms with Crippen LogP contribution in [0.25, 0.3) is 0 Å². The number of hydrogen-bond acceptors (Lipinski definition) is 5. The van der Waals surface area contributed by atoms with E-state index in [1.165, 1.54) is 0 Å². The second-order valence-electron chi connectivity index (χ2n) is 4.39. The van der Waals surface area contributed by atoms with Gasteiger partial charge in [-0.3, -0.25) is 9.78 Å². The number of carbonyl (C=O) groups excluding carboxylic acids is 1. The lowest BCUT2D eigenvalue weighted by Crippen LogP contribution is -2.24. The number of hydrogen-bond donors (Lipinski definition) is 2. The Morgan fingerprint density at radius 2 is 2.30 bits per heavy atom. The van der Waals surface area contributed by atoms with Gasteiger partial charge in [-0.2, -0.15) is 0 Å². The summed E-state index contributed by atoms with van der Waals surface area (Å²) in [6, 6.07) is 1.72. The summed E-state index contributed by atoms with van der Waals surface area (Å²) in [6.07, 6.45) is 4.30. The zero-order chi connectivity index (χ0) is 14.4. The van der Waals surface area contributed by atoms with Gasteiger partial charge < -0.3 is 10.6 Å². The van der Waals surface area contributed by atoms with Crippen LogP contribution in [0.15, 0.2) is 23.8 Å². The number of anilines is 1. The molecule has 0 saturated carbocycles. The summed E-state index contributed by atoms with van der Waals surface area (Å²) < 4.78 is 0. The van der Waals surface area contributed by atoms with E-state index in [2.05, 4.69) is 27.5 Å². The Morgan fingerprint density at radius 3 is 3.00 bits per heavy atom. The molecule has 0 unspecified atom stereocenters. The Kier molecular flexibility index (Phi) is 5.06. The third-order valence-corrected chi connectivity index (χ3v) is 3.55. The van der Waals surface area contributed by atoms with Crippen molar-refractivity contribution in [3.63, 3.8) is 0 Å². The van der Waals surface area contributed by atoms with Crippen LogP contribution in [-0.4, -0.2) is 22.4 Å². The molecule has 0 aliphatic rings. The van der Waals surface area contributed by atoms with E-state index in [1.807, 2.05) is 12.3 Å². The molecule has 0 atom stereocenters. The Morgan fingerprint density at radius 1 is 1.45 bits per heavy atom. The Hall–Kier alpha value is -1.95. The molecule has 0 aliphatic carbocycles. The molecular weight excluding hydrogens is 272 g/mol. The number of nitrogens with zero attached hydrogens (tertiary/aromatic N) is 2. The van der Waals surface area contributed by atoms with Gasteiger partial charge in [-0.05, 0) is 19.4 Å². The first kappa shape index (κ1) is 14.5. The van der Waals surface area contributed by atoms with E-state index in [0.29, 0.717) is 12.1 Å². The highest BCUT2D eigenvalue weighted by molar-refractivity contribution is 7.09. The summed E-state index contributed by atoms with van der Waals surface area (Å²) in [7, 11) is 0. The van der Waals surface area contributed by atoms with Gasteiger partial charge in [0.25, 0.3) is 5.91 Å². The highest BCUT2D eigenvalue weighted by Crippen LogP contribution is 2.14. The number of aryl methyl sites for hydroxylation is 1. The molecule has 0 radical (unpaired) electrons. The second kappa shape index (κ2) is 7.00. The first-order valence-corrected chi connectivity index (χ1v) is 7.45. The minimum absolute atomic E-state index is 0.114. The Balaban J connectivity index is 2.01. The summed E-state index contributed by atoms with van der Waals surface area (Å²) in [5.74, 6) is -0.114. The van der Waals surface area contributed by atoms with Gasteiger partial charge in [0, 0.05) is 18.1 Å². The summed E-state index contributed by atoms with van der Waals surface area (Å²) in [5, 5.41) is 9.05.